The van der Waals surface area contributed by atoms with Crippen molar-refractivity contribution >= 4 is 37.7 Å². The Morgan fingerprint density at radius 1 is 1.50 bits per heavy atom. The fourth-order valence-corrected chi connectivity index (χ4v) is 0.262. The van der Waals surface area contributed by atoms with Gasteiger partial charge in [0.2, 0.25) is 0 Å². The van der Waals surface area contributed by atoms with Gasteiger partial charge < -0.3 is 10.5 Å². The lowest BCUT2D eigenvalue weighted by Crippen LogP contribution is -2.23. The van der Waals surface area contributed by atoms with E-state index in [2.05, 4.69) is 30.4 Å². The Morgan fingerprint density at radius 2 is 2.00 bits per heavy atom. The zero-order chi connectivity index (χ0) is 8.15. The fraction of sp³-hybridized carbons (Fsp3) is 0.333. The summed E-state index contributed by atoms with van der Waals surface area (Å²) < 4.78 is 4.57. The zero-order valence-corrected chi connectivity index (χ0v) is 6.64. The first-order valence-corrected chi connectivity index (χ1v) is 3.00. The molecule has 0 aliphatic rings. The summed E-state index contributed by atoms with van der Waals surface area (Å²) >= 11 is 6.87. The van der Waals surface area contributed by atoms with Crippen LogP contribution in [0.15, 0.2) is 0 Å². The summed E-state index contributed by atoms with van der Waals surface area (Å²) in [7, 11) is 0. The van der Waals surface area contributed by atoms with Crippen LogP contribution in [0.5, 0.6) is 0 Å². The van der Waals surface area contributed by atoms with E-state index < -0.39 is 12.1 Å². The maximum Gasteiger partial charge on any atom is 0.437 e. The number of hydrogen-bond acceptors (Lipinski definition) is 6. The van der Waals surface area contributed by atoms with E-state index >= 15 is 0 Å². The molecule has 0 fully saturated rings. The van der Waals surface area contributed by atoms with E-state index in [9.17, 15) is 9.59 Å². The van der Waals surface area contributed by atoms with Crippen molar-refractivity contribution in [3.63, 3.8) is 0 Å². The first-order valence-electron chi connectivity index (χ1n) is 2.20. The van der Waals surface area contributed by atoms with Gasteiger partial charge in [0.1, 0.15) is 0 Å². The molecule has 0 bridgehead atoms. The van der Waals surface area contributed by atoms with Gasteiger partial charge in [-0.25, -0.2) is 4.79 Å². The number of esters is 1. The Morgan fingerprint density at radius 3 is 2.30 bits per heavy atom. The minimum absolute atomic E-state index is 0.346. The molecule has 0 saturated carbocycles. The number of rotatable bonds is 1. The highest BCUT2D eigenvalue weighted by Gasteiger charge is 2.10. The first-order chi connectivity index (χ1) is 4.57. The van der Waals surface area contributed by atoms with Crippen molar-refractivity contribution in [2.75, 3.05) is 6.54 Å². The zero-order valence-electron chi connectivity index (χ0n) is 4.85. The molecule has 1 amide bonds. The van der Waals surface area contributed by atoms with Crippen LogP contribution < -0.4 is 5.73 Å². The van der Waals surface area contributed by atoms with Gasteiger partial charge in [-0.05, 0) is 25.6 Å². The minimum atomic E-state index is -0.970. The van der Waals surface area contributed by atoms with Crippen molar-refractivity contribution in [3.05, 3.63) is 0 Å². The van der Waals surface area contributed by atoms with Gasteiger partial charge in [0.25, 0.3) is 0 Å². The molecule has 0 unspecified atom stereocenters. The molecule has 0 saturated heterocycles. The van der Waals surface area contributed by atoms with E-state index in [1.165, 1.54) is 0 Å². The van der Waals surface area contributed by atoms with E-state index in [1.54, 1.807) is 0 Å². The predicted octanol–water partition coefficient (Wildman–Crippen LogP) is -0.400. The van der Waals surface area contributed by atoms with Crippen LogP contribution in [-0.4, -0.2) is 22.3 Å². The van der Waals surface area contributed by atoms with Gasteiger partial charge in [-0.15, -0.1) is 0 Å². The summed E-state index contributed by atoms with van der Waals surface area (Å²) in [6.45, 7) is -0.346. The molecule has 0 aliphatic heterocycles. The van der Waals surface area contributed by atoms with Crippen LogP contribution >= 0.6 is 25.6 Å². The standard InChI is InChI=1S/C3H6N2O3S2/c4-1-2(6)8-3(7)5(9)10/h9-10H,1,4H2. The van der Waals surface area contributed by atoms with Crippen molar-refractivity contribution in [1.82, 2.24) is 3.71 Å². The maximum absolute atomic E-state index is 10.4. The average molecular weight is 182 g/mol. The van der Waals surface area contributed by atoms with E-state index in [1.807, 2.05) is 0 Å². The van der Waals surface area contributed by atoms with Crippen molar-refractivity contribution in [3.8, 4) is 0 Å². The Balaban J connectivity index is 3.69. The van der Waals surface area contributed by atoms with Gasteiger partial charge in [-0.2, -0.15) is 3.71 Å². The third kappa shape index (κ3) is 3.59. The highest BCUT2D eigenvalue weighted by atomic mass is 32.2. The summed E-state index contributed by atoms with van der Waals surface area (Å²) in [6, 6.07) is 0. The van der Waals surface area contributed by atoms with Crippen LogP contribution in [0.1, 0.15) is 0 Å². The molecule has 0 atom stereocenters. The van der Waals surface area contributed by atoms with Gasteiger partial charge in [-0.1, -0.05) is 0 Å². The molecule has 0 aromatic heterocycles. The van der Waals surface area contributed by atoms with Crippen LogP contribution in [-0.2, 0) is 9.53 Å². The molecule has 0 rings (SSSR count). The third-order valence-electron chi connectivity index (χ3n) is 0.531. The van der Waals surface area contributed by atoms with Crippen LogP contribution in [0.2, 0.25) is 0 Å². The van der Waals surface area contributed by atoms with Crippen LogP contribution in [0, 0.1) is 0 Å². The Kier molecular flexibility index (Phi) is 4.24. The van der Waals surface area contributed by atoms with Crippen molar-refractivity contribution < 1.29 is 14.3 Å². The van der Waals surface area contributed by atoms with Crippen LogP contribution in [0.4, 0.5) is 4.79 Å². The second-order valence-corrected chi connectivity index (χ2v) is 2.35. The number of nitrogens with two attached hydrogens (primary N) is 1. The summed E-state index contributed by atoms with van der Waals surface area (Å²) in [5, 5.41) is 0. The first kappa shape index (κ1) is 9.60. The molecule has 0 aromatic rings. The van der Waals surface area contributed by atoms with E-state index in [-0.39, 0.29) is 6.54 Å². The van der Waals surface area contributed by atoms with Gasteiger partial charge in [0.15, 0.2) is 0 Å². The number of ether oxygens (including phenoxy) is 1. The molecule has 0 heterocycles. The molecular formula is C3H6N2O3S2. The fourth-order valence-electron chi connectivity index (χ4n) is 0.180. The lowest BCUT2D eigenvalue weighted by atomic mass is 10.7. The second kappa shape index (κ2) is 4.42. The lowest BCUT2D eigenvalue weighted by Gasteiger charge is -2.04. The largest absolute Gasteiger partial charge is 0.437 e. The van der Waals surface area contributed by atoms with Crippen molar-refractivity contribution in [1.29, 1.82) is 0 Å². The molecule has 0 spiro atoms. The molecule has 10 heavy (non-hydrogen) atoms. The summed E-state index contributed by atoms with van der Waals surface area (Å²) in [4.78, 5) is 20.7. The predicted molar refractivity (Wildman–Crippen MR) is 40.4 cm³/mol. The van der Waals surface area contributed by atoms with E-state index in [4.69, 9.17) is 5.73 Å². The van der Waals surface area contributed by atoms with Gasteiger partial charge in [0, 0.05) is 0 Å². The minimum Gasteiger partial charge on any atom is -0.374 e. The number of hydrogen-bond donors (Lipinski definition) is 3. The van der Waals surface area contributed by atoms with Crippen LogP contribution in [0.25, 0.3) is 0 Å². The number of carbonyl (C=O) groups excluding carboxylic acids is 2. The molecular weight excluding hydrogens is 176 g/mol. The number of nitrogens with zero attached hydrogens (tertiary/aromatic N) is 1. The molecule has 58 valence electrons. The molecule has 0 aliphatic carbocycles. The highest BCUT2D eigenvalue weighted by Crippen LogP contribution is 2.00. The molecule has 0 aromatic carbocycles. The van der Waals surface area contributed by atoms with E-state index in [0.29, 0.717) is 3.71 Å². The highest BCUT2D eigenvalue weighted by molar-refractivity contribution is 7.94. The maximum atomic E-state index is 10.4. The molecule has 0 radical (unpaired) electrons. The molecule has 7 heteroatoms. The smallest absolute Gasteiger partial charge is 0.374 e. The summed E-state index contributed by atoms with van der Waals surface area (Å²) in [5.41, 5.74) is 4.83. The number of amides is 1. The molecule has 2 N–H and O–H groups in total. The topological polar surface area (TPSA) is 72.6 Å². The van der Waals surface area contributed by atoms with Crippen LogP contribution in [0.3, 0.4) is 0 Å². The monoisotopic (exact) mass is 182 g/mol. The van der Waals surface area contributed by atoms with Crippen molar-refractivity contribution in [2.24, 2.45) is 5.73 Å². The lowest BCUT2D eigenvalue weighted by molar-refractivity contribution is -0.135. The normalized spacial score (nSPS) is 8.70. The SMILES string of the molecule is NCC(=O)OC(=O)N(S)S. The van der Waals surface area contributed by atoms with E-state index in [0.717, 1.165) is 0 Å². The Bertz CT molecular complexity index is 149. The summed E-state index contributed by atoms with van der Waals surface area (Å²) in [6.07, 6.45) is -0.970. The van der Waals surface area contributed by atoms with Gasteiger partial charge in [0.05, 0.1) is 6.54 Å². The number of thiol groups is 2. The Labute approximate surface area is 68.6 Å². The van der Waals surface area contributed by atoms with Crippen molar-refractivity contribution in [2.45, 2.75) is 0 Å². The average Bonchev–Trinajstić information content (AvgIpc) is 1.87. The Hall–Kier alpha value is -0.400. The quantitative estimate of drug-likeness (QED) is 0.293. The third-order valence-corrected chi connectivity index (χ3v) is 0.858. The second-order valence-electron chi connectivity index (χ2n) is 1.23. The molecule has 5 nitrogen and oxygen atoms in total. The van der Waals surface area contributed by atoms with Gasteiger partial charge >= 0.3 is 12.1 Å². The summed E-state index contributed by atoms with van der Waals surface area (Å²) in [5.74, 6) is -0.821. The number of carbonyl (C=O) groups is 2. The van der Waals surface area contributed by atoms with Gasteiger partial charge in [-0.3, -0.25) is 4.79 Å².